The highest BCUT2D eigenvalue weighted by molar-refractivity contribution is 7.92. The maximum absolute atomic E-state index is 12.6. The maximum Gasteiger partial charge on any atom is 0.240 e. The highest BCUT2D eigenvalue weighted by Gasteiger charge is 2.24. The third-order valence-corrected chi connectivity index (χ3v) is 6.55. The first kappa shape index (κ1) is 23.9. The van der Waals surface area contributed by atoms with E-state index < -0.39 is 15.9 Å². The van der Waals surface area contributed by atoms with Crippen LogP contribution in [0.15, 0.2) is 60.7 Å². The Bertz CT molecular complexity index is 1210. The molecule has 170 valence electrons. The molecule has 8 heteroatoms. The lowest BCUT2D eigenvalue weighted by Gasteiger charge is -2.24. The van der Waals surface area contributed by atoms with Crippen molar-refractivity contribution in [1.82, 2.24) is 5.32 Å². The van der Waals surface area contributed by atoms with Crippen LogP contribution in [0.3, 0.4) is 0 Å². The number of anilines is 1. The Morgan fingerprint density at radius 2 is 1.84 bits per heavy atom. The van der Waals surface area contributed by atoms with Crippen molar-refractivity contribution in [2.75, 3.05) is 30.8 Å². The molecule has 0 heterocycles. The van der Waals surface area contributed by atoms with Crippen LogP contribution in [0.5, 0.6) is 5.75 Å². The van der Waals surface area contributed by atoms with E-state index in [0.29, 0.717) is 17.3 Å². The van der Waals surface area contributed by atoms with Crippen LogP contribution in [-0.4, -0.2) is 40.8 Å². The molecule has 0 aliphatic heterocycles. The summed E-state index contributed by atoms with van der Waals surface area (Å²) in [5.74, 6) is 0.0799. The van der Waals surface area contributed by atoms with Gasteiger partial charge in [0.1, 0.15) is 12.3 Å². The number of amides is 1. The van der Waals surface area contributed by atoms with E-state index in [1.165, 1.54) is 29.5 Å². The molecule has 0 fully saturated rings. The second kappa shape index (κ2) is 10.2. The van der Waals surface area contributed by atoms with E-state index in [-0.39, 0.29) is 18.2 Å². The first-order valence-electron chi connectivity index (χ1n) is 10.2. The molecule has 1 N–H and O–H groups in total. The molecule has 3 aromatic carbocycles. The molecule has 6 nitrogen and oxygen atoms in total. The van der Waals surface area contributed by atoms with Crippen LogP contribution in [0, 0.1) is 5.92 Å². The normalized spacial score (nSPS) is 12.4. The summed E-state index contributed by atoms with van der Waals surface area (Å²) in [6.07, 6.45) is 1.84. The van der Waals surface area contributed by atoms with Gasteiger partial charge < -0.3 is 10.1 Å². The van der Waals surface area contributed by atoms with Gasteiger partial charge in [0, 0.05) is 11.6 Å². The molecule has 0 saturated heterocycles. The molecule has 0 aliphatic carbocycles. The minimum atomic E-state index is -3.74. The third-order valence-electron chi connectivity index (χ3n) is 5.19. The number of methoxy groups -OCH3 is 1. The van der Waals surface area contributed by atoms with Crippen molar-refractivity contribution in [2.45, 2.75) is 13.3 Å². The molecule has 3 rings (SSSR count). The fraction of sp³-hybridized carbons (Fsp3) is 0.292. The number of hydrogen-bond donors (Lipinski definition) is 1. The van der Waals surface area contributed by atoms with Crippen molar-refractivity contribution in [2.24, 2.45) is 5.92 Å². The van der Waals surface area contributed by atoms with Gasteiger partial charge in [-0.15, -0.1) is 0 Å². The minimum Gasteiger partial charge on any atom is -0.495 e. The third kappa shape index (κ3) is 5.93. The topological polar surface area (TPSA) is 75.7 Å². The summed E-state index contributed by atoms with van der Waals surface area (Å²) in [5.41, 5.74) is 1.44. The lowest BCUT2D eigenvalue weighted by atomic mass is 9.96. The molecule has 0 bridgehead atoms. The first-order chi connectivity index (χ1) is 15.2. The minimum absolute atomic E-state index is 0.164. The number of carbonyl (C=O) groups is 1. The van der Waals surface area contributed by atoms with Crippen molar-refractivity contribution in [1.29, 1.82) is 0 Å². The van der Waals surface area contributed by atoms with Crippen LogP contribution >= 0.6 is 11.6 Å². The molecule has 1 atom stereocenters. The van der Waals surface area contributed by atoms with Crippen LogP contribution in [0.25, 0.3) is 10.8 Å². The van der Waals surface area contributed by atoms with Crippen LogP contribution in [-0.2, 0) is 21.2 Å². The standard InChI is InChI=1S/C24H27ClN2O4S/c1-17(13-19-9-6-8-18-7-4-5-10-21(18)19)15-26-24(28)16-27(32(3,29)30)22-14-20(25)11-12-23(22)31-2/h4-12,14,17H,13,15-16H2,1-3H3,(H,26,28). The van der Waals surface area contributed by atoms with E-state index in [1.807, 2.05) is 18.2 Å². The number of hydrogen-bond acceptors (Lipinski definition) is 4. The van der Waals surface area contributed by atoms with Gasteiger partial charge in [-0.1, -0.05) is 61.0 Å². The predicted octanol–water partition coefficient (Wildman–Crippen LogP) is 4.26. The Balaban J connectivity index is 1.67. The smallest absolute Gasteiger partial charge is 0.240 e. The van der Waals surface area contributed by atoms with E-state index in [4.69, 9.17) is 16.3 Å². The second-order valence-electron chi connectivity index (χ2n) is 7.84. The molecule has 0 saturated carbocycles. The average Bonchev–Trinajstić information content (AvgIpc) is 2.75. The largest absolute Gasteiger partial charge is 0.495 e. The van der Waals surface area contributed by atoms with Gasteiger partial charge in [0.25, 0.3) is 0 Å². The fourth-order valence-corrected chi connectivity index (χ4v) is 4.65. The number of nitrogens with zero attached hydrogens (tertiary/aromatic N) is 1. The van der Waals surface area contributed by atoms with Gasteiger partial charge in [-0.05, 0) is 46.9 Å². The Kier molecular flexibility index (Phi) is 7.64. The summed E-state index contributed by atoms with van der Waals surface area (Å²) in [5, 5.41) is 5.58. The van der Waals surface area contributed by atoms with E-state index in [2.05, 4.69) is 36.5 Å². The van der Waals surface area contributed by atoms with E-state index in [0.717, 1.165) is 17.0 Å². The Morgan fingerprint density at radius 3 is 2.56 bits per heavy atom. The second-order valence-corrected chi connectivity index (χ2v) is 10.2. The van der Waals surface area contributed by atoms with Crippen molar-refractivity contribution in [3.63, 3.8) is 0 Å². The highest BCUT2D eigenvalue weighted by Crippen LogP contribution is 2.32. The van der Waals surface area contributed by atoms with Crippen LogP contribution < -0.4 is 14.4 Å². The molecule has 0 spiro atoms. The lowest BCUT2D eigenvalue weighted by molar-refractivity contribution is -0.119. The van der Waals surface area contributed by atoms with Crippen LogP contribution in [0.2, 0.25) is 5.02 Å². The van der Waals surface area contributed by atoms with E-state index >= 15 is 0 Å². The summed E-state index contributed by atoms with van der Waals surface area (Å²) in [6.45, 7) is 2.11. The van der Waals surface area contributed by atoms with Gasteiger partial charge in [-0.25, -0.2) is 8.42 Å². The van der Waals surface area contributed by atoms with Gasteiger partial charge in [0.05, 0.1) is 19.1 Å². The zero-order valence-electron chi connectivity index (χ0n) is 18.3. The zero-order chi connectivity index (χ0) is 23.3. The summed E-state index contributed by atoms with van der Waals surface area (Å²) < 4.78 is 31.1. The number of sulfonamides is 1. The number of carbonyl (C=O) groups excluding carboxylic acids is 1. The highest BCUT2D eigenvalue weighted by atomic mass is 35.5. The monoisotopic (exact) mass is 474 g/mol. The quantitative estimate of drug-likeness (QED) is 0.502. The molecule has 1 amide bonds. The fourth-order valence-electron chi connectivity index (χ4n) is 3.63. The van der Waals surface area contributed by atoms with Crippen molar-refractivity contribution < 1.29 is 17.9 Å². The van der Waals surface area contributed by atoms with Crippen LogP contribution in [0.4, 0.5) is 5.69 Å². The Labute approximate surface area is 194 Å². The maximum atomic E-state index is 12.6. The predicted molar refractivity (Wildman–Crippen MR) is 130 cm³/mol. The van der Waals surface area contributed by atoms with Gasteiger partial charge in [-0.3, -0.25) is 9.10 Å². The van der Waals surface area contributed by atoms with Gasteiger partial charge in [-0.2, -0.15) is 0 Å². The number of fused-ring (bicyclic) bond motifs is 1. The molecule has 1 unspecified atom stereocenters. The number of benzene rings is 3. The first-order valence-corrected chi connectivity index (χ1v) is 12.5. The van der Waals surface area contributed by atoms with Gasteiger partial charge in [0.15, 0.2) is 0 Å². The molecule has 0 radical (unpaired) electrons. The summed E-state index contributed by atoms with van der Waals surface area (Å²) >= 11 is 6.05. The average molecular weight is 475 g/mol. The molecular formula is C24H27ClN2O4S. The molecule has 0 aromatic heterocycles. The van der Waals surface area contributed by atoms with Gasteiger partial charge in [0.2, 0.25) is 15.9 Å². The molecule has 0 aliphatic rings. The van der Waals surface area contributed by atoms with Crippen molar-refractivity contribution in [3.05, 3.63) is 71.2 Å². The van der Waals surface area contributed by atoms with Gasteiger partial charge >= 0.3 is 0 Å². The Morgan fingerprint density at radius 1 is 1.12 bits per heavy atom. The SMILES string of the molecule is COc1ccc(Cl)cc1N(CC(=O)NCC(C)Cc1cccc2ccccc12)S(C)(=O)=O. The molecule has 32 heavy (non-hydrogen) atoms. The molecular weight excluding hydrogens is 448 g/mol. The summed E-state index contributed by atoms with van der Waals surface area (Å²) in [6, 6.07) is 19.0. The number of nitrogens with one attached hydrogen (secondary N) is 1. The van der Waals surface area contributed by atoms with Crippen molar-refractivity contribution >= 4 is 44.0 Å². The zero-order valence-corrected chi connectivity index (χ0v) is 19.9. The van der Waals surface area contributed by atoms with E-state index in [9.17, 15) is 13.2 Å². The number of ether oxygens (including phenoxy) is 1. The Hall–Kier alpha value is -2.77. The molecule has 3 aromatic rings. The number of halogens is 1. The lowest BCUT2D eigenvalue weighted by Crippen LogP contribution is -2.41. The van der Waals surface area contributed by atoms with E-state index in [1.54, 1.807) is 12.1 Å². The van der Waals surface area contributed by atoms with Crippen molar-refractivity contribution in [3.8, 4) is 5.75 Å². The summed E-state index contributed by atoms with van der Waals surface area (Å²) in [7, 11) is -2.31. The summed E-state index contributed by atoms with van der Waals surface area (Å²) in [4.78, 5) is 12.6. The number of rotatable bonds is 9. The van der Waals surface area contributed by atoms with Crippen LogP contribution in [0.1, 0.15) is 12.5 Å².